The van der Waals surface area contributed by atoms with Crippen LogP contribution < -0.4 is 10.2 Å². The molecule has 1 N–H and O–H groups in total. The minimum Gasteiger partial charge on any atom is -0.466 e. The molecular formula is C18H26N2O3. The average molecular weight is 318 g/mol. The molecule has 23 heavy (non-hydrogen) atoms. The molecule has 1 amide bonds. The van der Waals surface area contributed by atoms with Crippen molar-refractivity contribution in [2.45, 2.75) is 46.1 Å². The maximum atomic E-state index is 12.6. The Kier molecular flexibility index (Phi) is 5.29. The van der Waals surface area contributed by atoms with Gasteiger partial charge in [0.25, 0.3) is 5.91 Å². The number of fused-ring (bicyclic) bond motifs is 1. The van der Waals surface area contributed by atoms with Gasteiger partial charge in [-0.25, -0.2) is 0 Å². The van der Waals surface area contributed by atoms with Crippen molar-refractivity contribution < 1.29 is 14.3 Å². The minimum absolute atomic E-state index is 0.0321. The molecule has 5 heteroatoms. The Morgan fingerprint density at radius 2 is 2.00 bits per heavy atom. The first-order valence-electron chi connectivity index (χ1n) is 8.16. The number of carbonyl (C=O) groups excluding carboxylic acids is 2. The summed E-state index contributed by atoms with van der Waals surface area (Å²) in [7, 11) is 0. The number of amides is 1. The highest BCUT2D eigenvalue weighted by Crippen LogP contribution is 2.34. The first-order valence-corrected chi connectivity index (χ1v) is 8.16. The number of hydrogen-bond acceptors (Lipinski definition) is 4. The van der Waals surface area contributed by atoms with Crippen LogP contribution in [-0.4, -0.2) is 30.6 Å². The quantitative estimate of drug-likeness (QED) is 0.646. The Morgan fingerprint density at radius 3 is 2.70 bits per heavy atom. The molecule has 1 aliphatic rings. The molecule has 0 radical (unpaired) electrons. The summed E-state index contributed by atoms with van der Waals surface area (Å²) in [6.07, 6.45) is 1.06. The zero-order valence-electron chi connectivity index (χ0n) is 14.4. The van der Waals surface area contributed by atoms with E-state index in [2.05, 4.69) is 5.32 Å². The number of ether oxygens (including phenoxy) is 1. The number of benzene rings is 1. The molecule has 0 saturated heterocycles. The lowest BCUT2D eigenvalue weighted by atomic mass is 9.98. The Morgan fingerprint density at radius 1 is 1.30 bits per heavy atom. The number of anilines is 2. The lowest BCUT2D eigenvalue weighted by Gasteiger charge is -2.40. The third-order valence-electron chi connectivity index (χ3n) is 3.79. The number of esters is 1. The van der Waals surface area contributed by atoms with Crippen LogP contribution in [-0.2, 0) is 14.3 Å². The molecule has 1 aromatic rings. The highest BCUT2D eigenvalue weighted by Gasteiger charge is 2.38. The smallest absolute Gasteiger partial charge is 0.306 e. The van der Waals surface area contributed by atoms with Crippen molar-refractivity contribution in [3.63, 3.8) is 0 Å². The fourth-order valence-electron chi connectivity index (χ4n) is 2.67. The maximum absolute atomic E-state index is 12.6. The monoisotopic (exact) mass is 318 g/mol. The van der Waals surface area contributed by atoms with Gasteiger partial charge in [-0.15, -0.1) is 0 Å². The SMILES string of the molecule is CC(C)CC(=O)OCCCN1C(=O)C(C)(C)Nc2ccccc21. The lowest BCUT2D eigenvalue weighted by Crippen LogP contribution is -2.54. The predicted molar refractivity (Wildman–Crippen MR) is 91.5 cm³/mol. The Labute approximate surface area is 138 Å². The first-order chi connectivity index (χ1) is 10.8. The number of nitrogens with zero attached hydrogens (tertiary/aromatic N) is 1. The van der Waals surface area contributed by atoms with Crippen LogP contribution in [0.25, 0.3) is 0 Å². The molecule has 0 aromatic heterocycles. The van der Waals surface area contributed by atoms with Crippen LogP contribution in [0.5, 0.6) is 0 Å². The fraction of sp³-hybridized carbons (Fsp3) is 0.556. The normalized spacial score (nSPS) is 16.0. The summed E-state index contributed by atoms with van der Waals surface area (Å²) in [6, 6.07) is 7.77. The fourth-order valence-corrected chi connectivity index (χ4v) is 2.67. The third-order valence-corrected chi connectivity index (χ3v) is 3.79. The van der Waals surface area contributed by atoms with Crippen molar-refractivity contribution in [1.82, 2.24) is 0 Å². The van der Waals surface area contributed by atoms with Gasteiger partial charge in [-0.1, -0.05) is 26.0 Å². The number of para-hydroxylation sites is 2. The molecule has 5 nitrogen and oxygen atoms in total. The summed E-state index contributed by atoms with van der Waals surface area (Å²) in [4.78, 5) is 26.0. The second-order valence-corrected chi connectivity index (χ2v) is 6.90. The molecule has 1 heterocycles. The number of nitrogens with one attached hydrogen (secondary N) is 1. The van der Waals surface area contributed by atoms with E-state index in [1.807, 2.05) is 52.0 Å². The van der Waals surface area contributed by atoms with Gasteiger partial charge in [-0.3, -0.25) is 9.59 Å². The molecular weight excluding hydrogens is 292 g/mol. The second kappa shape index (κ2) is 7.02. The van der Waals surface area contributed by atoms with Crippen molar-refractivity contribution in [3.8, 4) is 0 Å². The molecule has 0 fully saturated rings. The van der Waals surface area contributed by atoms with Gasteiger partial charge >= 0.3 is 5.97 Å². The van der Waals surface area contributed by atoms with Crippen LogP contribution in [0.3, 0.4) is 0 Å². The van der Waals surface area contributed by atoms with E-state index in [0.29, 0.717) is 31.9 Å². The minimum atomic E-state index is -0.636. The first kappa shape index (κ1) is 17.3. The molecule has 0 saturated carbocycles. The largest absolute Gasteiger partial charge is 0.466 e. The van der Waals surface area contributed by atoms with Crippen LogP contribution in [0.1, 0.15) is 40.5 Å². The van der Waals surface area contributed by atoms with Crippen molar-refractivity contribution in [3.05, 3.63) is 24.3 Å². The van der Waals surface area contributed by atoms with Gasteiger partial charge in [0.1, 0.15) is 5.54 Å². The van der Waals surface area contributed by atoms with E-state index in [1.165, 1.54) is 0 Å². The molecule has 0 aliphatic carbocycles. The zero-order chi connectivity index (χ0) is 17.0. The molecule has 0 atom stereocenters. The average Bonchev–Trinajstić information content (AvgIpc) is 2.46. The van der Waals surface area contributed by atoms with Gasteiger partial charge in [-0.05, 0) is 38.3 Å². The van der Waals surface area contributed by atoms with Crippen molar-refractivity contribution in [1.29, 1.82) is 0 Å². The van der Waals surface area contributed by atoms with Gasteiger partial charge in [0.2, 0.25) is 0 Å². The van der Waals surface area contributed by atoms with E-state index in [0.717, 1.165) is 11.4 Å². The van der Waals surface area contributed by atoms with Gasteiger partial charge in [0.15, 0.2) is 0 Å². The highest BCUT2D eigenvalue weighted by molar-refractivity contribution is 6.07. The second-order valence-electron chi connectivity index (χ2n) is 6.90. The molecule has 0 spiro atoms. The third kappa shape index (κ3) is 4.24. The zero-order valence-corrected chi connectivity index (χ0v) is 14.4. The lowest BCUT2D eigenvalue weighted by molar-refractivity contribution is -0.144. The number of carbonyl (C=O) groups is 2. The maximum Gasteiger partial charge on any atom is 0.306 e. The van der Waals surface area contributed by atoms with Gasteiger partial charge < -0.3 is 15.0 Å². The standard InChI is InChI=1S/C18H26N2O3/c1-13(2)12-16(21)23-11-7-10-20-15-9-6-5-8-14(15)19-18(3,4)17(20)22/h5-6,8-9,13,19H,7,10-12H2,1-4H3. The van der Waals surface area contributed by atoms with E-state index in [1.54, 1.807) is 4.90 Å². The Hall–Kier alpha value is -2.04. The van der Waals surface area contributed by atoms with Crippen LogP contribution in [0.2, 0.25) is 0 Å². The van der Waals surface area contributed by atoms with Gasteiger partial charge in [-0.2, -0.15) is 0 Å². The summed E-state index contributed by atoms with van der Waals surface area (Å²) < 4.78 is 5.23. The Bertz CT molecular complexity index is 581. The van der Waals surface area contributed by atoms with Crippen LogP contribution in [0, 0.1) is 5.92 Å². The molecule has 0 bridgehead atoms. The van der Waals surface area contributed by atoms with E-state index < -0.39 is 5.54 Å². The van der Waals surface area contributed by atoms with Crippen molar-refractivity contribution in [2.24, 2.45) is 5.92 Å². The van der Waals surface area contributed by atoms with E-state index in [-0.39, 0.29) is 11.9 Å². The van der Waals surface area contributed by atoms with E-state index >= 15 is 0 Å². The summed E-state index contributed by atoms with van der Waals surface area (Å²) in [5.74, 6) is 0.155. The van der Waals surface area contributed by atoms with Gasteiger partial charge in [0.05, 0.1) is 18.0 Å². The topological polar surface area (TPSA) is 58.6 Å². The van der Waals surface area contributed by atoms with E-state index in [9.17, 15) is 9.59 Å². The van der Waals surface area contributed by atoms with E-state index in [4.69, 9.17) is 4.74 Å². The summed E-state index contributed by atoms with van der Waals surface area (Å²) in [5, 5.41) is 3.27. The summed E-state index contributed by atoms with van der Waals surface area (Å²) in [6.45, 7) is 8.60. The molecule has 0 unspecified atom stereocenters. The summed E-state index contributed by atoms with van der Waals surface area (Å²) in [5.41, 5.74) is 1.20. The van der Waals surface area contributed by atoms with Crippen molar-refractivity contribution in [2.75, 3.05) is 23.4 Å². The predicted octanol–water partition coefficient (Wildman–Crippen LogP) is 3.20. The molecule has 1 aliphatic heterocycles. The van der Waals surface area contributed by atoms with Crippen LogP contribution in [0.4, 0.5) is 11.4 Å². The van der Waals surface area contributed by atoms with Crippen molar-refractivity contribution >= 4 is 23.3 Å². The van der Waals surface area contributed by atoms with Crippen LogP contribution in [0.15, 0.2) is 24.3 Å². The highest BCUT2D eigenvalue weighted by atomic mass is 16.5. The van der Waals surface area contributed by atoms with Gasteiger partial charge in [0, 0.05) is 13.0 Å². The van der Waals surface area contributed by atoms with Crippen LogP contribution >= 0.6 is 0 Å². The molecule has 126 valence electrons. The Balaban J connectivity index is 1.96. The number of hydrogen-bond donors (Lipinski definition) is 1. The number of rotatable bonds is 6. The molecule has 1 aromatic carbocycles. The summed E-state index contributed by atoms with van der Waals surface area (Å²) >= 11 is 0. The molecule has 2 rings (SSSR count).